The Morgan fingerprint density at radius 3 is 2.26 bits per heavy atom. The molecule has 6 nitrogen and oxygen atoms in total. The van der Waals surface area contributed by atoms with E-state index >= 15 is 0 Å². The first-order valence-corrected chi connectivity index (χ1v) is 13.1. The molecular weight excluding hydrogens is 444 g/mol. The molecule has 0 aliphatic heterocycles. The molecule has 0 radical (unpaired) electrons. The van der Waals surface area contributed by atoms with Gasteiger partial charge in [-0.1, -0.05) is 63.6 Å². The fourth-order valence-electron chi connectivity index (χ4n) is 4.48. The van der Waals surface area contributed by atoms with Gasteiger partial charge in [-0.3, -0.25) is 4.79 Å². The van der Waals surface area contributed by atoms with Gasteiger partial charge in [0.1, 0.15) is 0 Å². The van der Waals surface area contributed by atoms with Gasteiger partial charge in [0.15, 0.2) is 0 Å². The molecule has 0 rings (SSSR count). The van der Waals surface area contributed by atoms with Crippen LogP contribution in [0.1, 0.15) is 92.9 Å². The van der Waals surface area contributed by atoms with Crippen LogP contribution < -0.4 is 0 Å². The third kappa shape index (κ3) is 17.6. The van der Waals surface area contributed by atoms with E-state index in [2.05, 4.69) is 58.9 Å². The van der Waals surface area contributed by atoms with Crippen molar-refractivity contribution < 1.29 is 30.0 Å². The van der Waals surface area contributed by atoms with Crippen LogP contribution >= 0.6 is 0 Å². The predicted octanol–water partition coefficient (Wildman–Crippen LogP) is 5.67. The molecule has 0 aromatic heterocycles. The van der Waals surface area contributed by atoms with Crippen LogP contribution in [0.5, 0.6) is 0 Å². The Morgan fingerprint density at radius 2 is 1.69 bits per heavy atom. The van der Waals surface area contributed by atoms with Gasteiger partial charge in [-0.15, -0.1) is 0 Å². The molecule has 204 valence electrons. The zero-order valence-corrected chi connectivity index (χ0v) is 23.1. The van der Waals surface area contributed by atoms with Gasteiger partial charge in [-0.2, -0.15) is 0 Å². The van der Waals surface area contributed by atoms with E-state index < -0.39 is 17.7 Å². The van der Waals surface area contributed by atoms with E-state index in [0.29, 0.717) is 24.7 Å². The summed E-state index contributed by atoms with van der Waals surface area (Å²) < 4.78 is 5.48. The number of rotatable bonds is 19. The number of hydrogen-bond donors (Lipinski definition) is 4. The van der Waals surface area contributed by atoms with Gasteiger partial charge in [0, 0.05) is 7.11 Å². The molecule has 0 aliphatic rings. The Kier molecular flexibility index (Phi) is 17.1. The number of aliphatic carboxylic acids is 1. The summed E-state index contributed by atoms with van der Waals surface area (Å²) in [5.41, 5.74) is 0.289. The molecule has 0 unspecified atom stereocenters. The van der Waals surface area contributed by atoms with Crippen LogP contribution in [0.2, 0.25) is 0 Å². The lowest BCUT2D eigenvalue weighted by Crippen LogP contribution is -2.26. The molecule has 6 heteroatoms. The van der Waals surface area contributed by atoms with Crippen LogP contribution in [0.25, 0.3) is 0 Å². The van der Waals surface area contributed by atoms with E-state index in [1.54, 1.807) is 14.0 Å². The highest BCUT2D eigenvalue weighted by molar-refractivity contribution is 5.67. The number of hydrogen-bond acceptors (Lipinski definition) is 5. The quantitative estimate of drug-likeness (QED) is 0.136. The van der Waals surface area contributed by atoms with Gasteiger partial charge in [-0.25, -0.2) is 0 Å². The zero-order valence-electron chi connectivity index (χ0n) is 23.1. The molecule has 4 N–H and O–H groups in total. The Balaban J connectivity index is 4.45. The van der Waals surface area contributed by atoms with Crippen molar-refractivity contribution in [2.75, 3.05) is 7.11 Å². The Hall–Kier alpha value is -1.47. The topological polar surface area (TPSA) is 107 Å². The Labute approximate surface area is 213 Å². The van der Waals surface area contributed by atoms with Crippen molar-refractivity contribution in [3.8, 4) is 0 Å². The first-order chi connectivity index (χ1) is 16.3. The van der Waals surface area contributed by atoms with E-state index in [9.17, 15) is 20.1 Å². The number of aliphatic hydroxyl groups excluding tert-OH is 2. The summed E-state index contributed by atoms with van der Waals surface area (Å²) in [6.07, 6.45) is 13.4. The number of methoxy groups -OCH3 is 1. The minimum Gasteiger partial charge on any atom is -0.481 e. The van der Waals surface area contributed by atoms with Crippen LogP contribution in [0, 0.1) is 17.8 Å². The largest absolute Gasteiger partial charge is 0.481 e. The zero-order chi connectivity index (χ0) is 27.0. The van der Waals surface area contributed by atoms with Crippen molar-refractivity contribution in [2.45, 2.75) is 117 Å². The second kappa shape index (κ2) is 17.9. The van der Waals surface area contributed by atoms with Crippen molar-refractivity contribution in [2.24, 2.45) is 17.8 Å². The summed E-state index contributed by atoms with van der Waals surface area (Å²) in [5.74, 6) is -0.0903. The fraction of sp³-hybridized carbons (Fsp3) is 0.759. The summed E-state index contributed by atoms with van der Waals surface area (Å²) in [4.78, 5) is 10.6. The highest BCUT2D eigenvalue weighted by Crippen LogP contribution is 2.22. The second-order valence-electron chi connectivity index (χ2n) is 10.8. The molecule has 35 heavy (non-hydrogen) atoms. The number of ether oxygens (including phenoxy) is 1. The summed E-state index contributed by atoms with van der Waals surface area (Å²) >= 11 is 0. The molecule has 0 saturated carbocycles. The third-order valence-electron chi connectivity index (χ3n) is 6.54. The van der Waals surface area contributed by atoms with Gasteiger partial charge in [-0.05, 0) is 76.5 Å². The molecule has 7 atom stereocenters. The standard InChI is InChI=1S/C29H52O6/c1-8-27(35-7)24(5)19-26(31)18-23(4)12-9-11-21(2)17-22(3)13-10-15-29(6,34)16-14-25(30)20-28(32)33/h9-13,22-27,30-31,34H,8,14-20H2,1-7H3,(H,32,33)/b12-9+,13-10+,21-11+/t22-,23+,24-,25+,26+,27-,29-/m0/s1. The molecule has 0 aromatic rings. The normalized spacial score (nSPS) is 19.9. The fourth-order valence-corrected chi connectivity index (χ4v) is 4.48. The molecule has 0 fully saturated rings. The maximum absolute atomic E-state index is 10.6. The van der Waals surface area contributed by atoms with E-state index in [1.165, 1.54) is 5.57 Å². The number of carboxylic acids is 1. The number of carbonyl (C=O) groups is 1. The molecule has 0 bridgehead atoms. The molecule has 0 spiro atoms. The third-order valence-corrected chi connectivity index (χ3v) is 6.54. The minimum absolute atomic E-state index is 0.194. The second-order valence-corrected chi connectivity index (χ2v) is 10.8. The average molecular weight is 497 g/mol. The monoisotopic (exact) mass is 496 g/mol. The highest BCUT2D eigenvalue weighted by atomic mass is 16.5. The average Bonchev–Trinajstić information content (AvgIpc) is 2.72. The van der Waals surface area contributed by atoms with E-state index in [4.69, 9.17) is 9.84 Å². The van der Waals surface area contributed by atoms with Gasteiger partial charge < -0.3 is 25.2 Å². The molecule has 0 heterocycles. The number of carboxylic acid groups (broad SMARTS) is 1. The Bertz CT molecular complexity index is 662. The van der Waals surface area contributed by atoms with Gasteiger partial charge in [0.25, 0.3) is 0 Å². The molecule has 0 aliphatic carbocycles. The van der Waals surface area contributed by atoms with E-state index in [0.717, 1.165) is 25.7 Å². The van der Waals surface area contributed by atoms with E-state index in [1.807, 2.05) is 6.08 Å². The lowest BCUT2D eigenvalue weighted by molar-refractivity contribution is -0.139. The molecular formula is C29H52O6. The lowest BCUT2D eigenvalue weighted by Gasteiger charge is -2.24. The Morgan fingerprint density at radius 1 is 1.03 bits per heavy atom. The molecule has 0 aromatic carbocycles. The summed E-state index contributed by atoms with van der Waals surface area (Å²) in [5, 5.41) is 39.3. The number of aliphatic hydroxyl groups is 3. The number of allylic oxidation sites excluding steroid dienone is 5. The smallest absolute Gasteiger partial charge is 0.305 e. The van der Waals surface area contributed by atoms with Crippen molar-refractivity contribution in [1.82, 2.24) is 0 Å². The summed E-state index contributed by atoms with van der Waals surface area (Å²) in [6.45, 7) is 12.3. The van der Waals surface area contributed by atoms with Crippen molar-refractivity contribution in [1.29, 1.82) is 0 Å². The lowest BCUT2D eigenvalue weighted by atomic mass is 9.91. The van der Waals surface area contributed by atoms with Crippen LogP contribution in [0.15, 0.2) is 36.0 Å². The van der Waals surface area contributed by atoms with Crippen LogP contribution in [0.4, 0.5) is 0 Å². The molecule has 0 saturated heterocycles. The van der Waals surface area contributed by atoms with Crippen LogP contribution in [-0.4, -0.2) is 57.4 Å². The maximum atomic E-state index is 10.6. The van der Waals surface area contributed by atoms with Gasteiger partial charge in [0.05, 0.1) is 30.3 Å². The highest BCUT2D eigenvalue weighted by Gasteiger charge is 2.21. The van der Waals surface area contributed by atoms with E-state index in [-0.39, 0.29) is 31.0 Å². The predicted molar refractivity (Wildman–Crippen MR) is 143 cm³/mol. The van der Waals surface area contributed by atoms with Gasteiger partial charge in [0.2, 0.25) is 0 Å². The minimum atomic E-state index is -1.03. The first kappa shape index (κ1) is 33.5. The summed E-state index contributed by atoms with van der Waals surface area (Å²) in [7, 11) is 1.73. The summed E-state index contributed by atoms with van der Waals surface area (Å²) in [6, 6.07) is 0. The van der Waals surface area contributed by atoms with Crippen LogP contribution in [0.3, 0.4) is 0 Å². The first-order valence-electron chi connectivity index (χ1n) is 13.1. The molecule has 0 amide bonds. The van der Waals surface area contributed by atoms with Crippen molar-refractivity contribution >= 4 is 5.97 Å². The van der Waals surface area contributed by atoms with Crippen molar-refractivity contribution in [3.63, 3.8) is 0 Å². The SMILES string of the molecule is CC[C@H](OC)[C@@H](C)C[C@H](O)C[C@H](C)/C=C/C=C(\C)C[C@@H](C)/C=C/C[C@](C)(O)CC[C@@H](O)CC(=O)O. The van der Waals surface area contributed by atoms with Crippen LogP contribution in [-0.2, 0) is 9.53 Å². The maximum Gasteiger partial charge on any atom is 0.305 e. The van der Waals surface area contributed by atoms with Crippen molar-refractivity contribution in [3.05, 3.63) is 36.0 Å². The van der Waals surface area contributed by atoms with Gasteiger partial charge >= 0.3 is 5.97 Å².